The standard InChI is InChI=1S/C18H18O2/c1-13(19)17-7-3-5-15(11-17)9-10-16-6-4-8-18(12-16)14(2)20/h3-8,11-12H,9-10H2,1-2H3. The molecular weight excluding hydrogens is 248 g/mol. The summed E-state index contributed by atoms with van der Waals surface area (Å²) in [5.74, 6) is 0.177. The number of benzene rings is 2. The molecule has 2 aromatic rings. The summed E-state index contributed by atoms with van der Waals surface area (Å²) in [4.78, 5) is 22.7. The van der Waals surface area contributed by atoms with Gasteiger partial charge in [-0.05, 0) is 49.9 Å². The van der Waals surface area contributed by atoms with Crippen LogP contribution in [0.5, 0.6) is 0 Å². The van der Waals surface area contributed by atoms with Gasteiger partial charge in [0.2, 0.25) is 0 Å². The number of carbonyl (C=O) groups is 2. The Bertz CT molecular complexity index is 584. The summed E-state index contributed by atoms with van der Waals surface area (Å²) in [5.41, 5.74) is 3.79. The zero-order chi connectivity index (χ0) is 14.5. The molecule has 0 spiro atoms. The molecule has 0 aliphatic heterocycles. The van der Waals surface area contributed by atoms with E-state index in [0.29, 0.717) is 0 Å². The third-order valence-corrected chi connectivity index (χ3v) is 3.37. The van der Waals surface area contributed by atoms with E-state index in [4.69, 9.17) is 0 Å². The topological polar surface area (TPSA) is 34.1 Å². The van der Waals surface area contributed by atoms with E-state index in [1.54, 1.807) is 13.8 Å². The molecule has 0 bridgehead atoms. The van der Waals surface area contributed by atoms with Gasteiger partial charge in [0, 0.05) is 11.1 Å². The Hall–Kier alpha value is -2.22. The van der Waals surface area contributed by atoms with Crippen molar-refractivity contribution >= 4 is 11.6 Å². The summed E-state index contributed by atoms with van der Waals surface area (Å²) in [6.45, 7) is 3.16. The van der Waals surface area contributed by atoms with Gasteiger partial charge in [-0.3, -0.25) is 9.59 Å². The molecule has 20 heavy (non-hydrogen) atoms. The number of hydrogen-bond donors (Lipinski definition) is 0. The van der Waals surface area contributed by atoms with Crippen LogP contribution in [-0.4, -0.2) is 11.6 Å². The number of aryl methyl sites for hydroxylation is 2. The molecule has 0 saturated heterocycles. The quantitative estimate of drug-likeness (QED) is 0.770. The predicted molar refractivity (Wildman–Crippen MR) is 80.3 cm³/mol. The van der Waals surface area contributed by atoms with Crippen molar-refractivity contribution < 1.29 is 9.59 Å². The van der Waals surface area contributed by atoms with E-state index in [-0.39, 0.29) is 11.6 Å². The van der Waals surface area contributed by atoms with Crippen molar-refractivity contribution in [1.29, 1.82) is 0 Å². The van der Waals surface area contributed by atoms with Crippen LogP contribution < -0.4 is 0 Å². The molecule has 2 nitrogen and oxygen atoms in total. The molecule has 0 fully saturated rings. The number of carbonyl (C=O) groups excluding carboxylic acids is 2. The van der Waals surface area contributed by atoms with Gasteiger partial charge in [-0.1, -0.05) is 36.4 Å². The van der Waals surface area contributed by atoms with Crippen LogP contribution >= 0.6 is 0 Å². The monoisotopic (exact) mass is 266 g/mol. The van der Waals surface area contributed by atoms with E-state index < -0.39 is 0 Å². The van der Waals surface area contributed by atoms with Gasteiger partial charge in [0.1, 0.15) is 0 Å². The highest BCUT2D eigenvalue weighted by Gasteiger charge is 2.03. The molecule has 2 heteroatoms. The number of ketones is 2. The lowest BCUT2D eigenvalue weighted by atomic mass is 10.00. The highest BCUT2D eigenvalue weighted by Crippen LogP contribution is 2.12. The zero-order valence-electron chi connectivity index (χ0n) is 11.8. The summed E-state index contributed by atoms with van der Waals surface area (Å²) < 4.78 is 0. The first kappa shape index (κ1) is 14.2. The Labute approximate surface area is 119 Å². The van der Waals surface area contributed by atoms with Crippen LogP contribution in [0.3, 0.4) is 0 Å². The second kappa shape index (κ2) is 6.29. The fraction of sp³-hybridized carbons (Fsp3) is 0.222. The summed E-state index contributed by atoms with van der Waals surface area (Å²) in [7, 11) is 0. The smallest absolute Gasteiger partial charge is 0.159 e. The van der Waals surface area contributed by atoms with Crippen LogP contribution in [0.25, 0.3) is 0 Å². The Morgan fingerprint density at radius 1 is 0.750 bits per heavy atom. The van der Waals surface area contributed by atoms with Crippen LogP contribution in [-0.2, 0) is 12.8 Å². The Kier molecular flexibility index (Phi) is 4.46. The predicted octanol–water partition coefficient (Wildman–Crippen LogP) is 3.88. The van der Waals surface area contributed by atoms with Gasteiger partial charge in [0.25, 0.3) is 0 Å². The van der Waals surface area contributed by atoms with Crippen molar-refractivity contribution in [2.24, 2.45) is 0 Å². The van der Waals surface area contributed by atoms with Crippen LogP contribution in [0.1, 0.15) is 45.7 Å². The van der Waals surface area contributed by atoms with Crippen molar-refractivity contribution in [3.8, 4) is 0 Å². The van der Waals surface area contributed by atoms with Crippen LogP contribution in [0.15, 0.2) is 48.5 Å². The molecular formula is C18H18O2. The average Bonchev–Trinajstić information content (AvgIpc) is 2.45. The fourth-order valence-electron chi connectivity index (χ4n) is 2.18. The Morgan fingerprint density at radius 3 is 1.50 bits per heavy atom. The molecule has 0 amide bonds. The second-order valence-corrected chi connectivity index (χ2v) is 5.01. The summed E-state index contributed by atoms with van der Waals surface area (Å²) in [6, 6.07) is 15.4. The molecule has 0 aliphatic rings. The minimum absolute atomic E-state index is 0.0884. The lowest BCUT2D eigenvalue weighted by Gasteiger charge is -2.05. The molecule has 2 aromatic carbocycles. The molecule has 0 atom stereocenters. The normalized spacial score (nSPS) is 10.3. The van der Waals surface area contributed by atoms with Crippen LogP contribution in [0, 0.1) is 0 Å². The van der Waals surface area contributed by atoms with Gasteiger partial charge < -0.3 is 0 Å². The van der Waals surface area contributed by atoms with Crippen molar-refractivity contribution in [1.82, 2.24) is 0 Å². The molecule has 102 valence electrons. The molecule has 0 saturated carbocycles. The zero-order valence-corrected chi connectivity index (χ0v) is 11.8. The minimum Gasteiger partial charge on any atom is -0.295 e. The van der Waals surface area contributed by atoms with E-state index in [0.717, 1.165) is 35.1 Å². The van der Waals surface area contributed by atoms with Crippen molar-refractivity contribution in [3.63, 3.8) is 0 Å². The third-order valence-electron chi connectivity index (χ3n) is 3.37. The molecule has 0 aromatic heterocycles. The fourth-order valence-corrected chi connectivity index (χ4v) is 2.18. The highest BCUT2D eigenvalue weighted by atomic mass is 16.1. The van der Waals surface area contributed by atoms with E-state index in [1.807, 2.05) is 48.5 Å². The van der Waals surface area contributed by atoms with Crippen LogP contribution in [0.2, 0.25) is 0 Å². The maximum atomic E-state index is 11.4. The highest BCUT2D eigenvalue weighted by molar-refractivity contribution is 5.94. The number of rotatable bonds is 5. The maximum absolute atomic E-state index is 11.4. The maximum Gasteiger partial charge on any atom is 0.159 e. The Balaban J connectivity index is 2.08. The van der Waals surface area contributed by atoms with E-state index >= 15 is 0 Å². The van der Waals surface area contributed by atoms with E-state index in [2.05, 4.69) is 0 Å². The van der Waals surface area contributed by atoms with Crippen molar-refractivity contribution in [3.05, 3.63) is 70.8 Å². The number of Topliss-reactive ketones (excluding diaryl/α,β-unsaturated/α-hetero) is 2. The van der Waals surface area contributed by atoms with Gasteiger partial charge in [-0.25, -0.2) is 0 Å². The SMILES string of the molecule is CC(=O)c1cccc(CCc2cccc(C(C)=O)c2)c1. The molecule has 0 heterocycles. The van der Waals surface area contributed by atoms with Gasteiger partial charge in [0.15, 0.2) is 11.6 Å². The van der Waals surface area contributed by atoms with Crippen LogP contribution in [0.4, 0.5) is 0 Å². The number of hydrogen-bond acceptors (Lipinski definition) is 2. The summed E-state index contributed by atoms with van der Waals surface area (Å²) >= 11 is 0. The molecule has 2 rings (SSSR count). The first-order chi connectivity index (χ1) is 9.56. The largest absolute Gasteiger partial charge is 0.295 e. The lowest BCUT2D eigenvalue weighted by Crippen LogP contribution is -1.98. The lowest BCUT2D eigenvalue weighted by molar-refractivity contribution is 0.100. The molecule has 0 radical (unpaired) electrons. The van der Waals surface area contributed by atoms with Gasteiger partial charge in [-0.15, -0.1) is 0 Å². The van der Waals surface area contributed by atoms with E-state index in [1.165, 1.54) is 0 Å². The molecule has 0 unspecified atom stereocenters. The minimum atomic E-state index is 0.0884. The average molecular weight is 266 g/mol. The summed E-state index contributed by atoms with van der Waals surface area (Å²) in [5, 5.41) is 0. The van der Waals surface area contributed by atoms with Gasteiger partial charge in [-0.2, -0.15) is 0 Å². The summed E-state index contributed by atoms with van der Waals surface area (Å²) in [6.07, 6.45) is 1.73. The molecule has 0 aliphatic carbocycles. The van der Waals surface area contributed by atoms with Gasteiger partial charge >= 0.3 is 0 Å². The van der Waals surface area contributed by atoms with E-state index in [9.17, 15) is 9.59 Å². The molecule has 0 N–H and O–H groups in total. The third kappa shape index (κ3) is 3.64. The first-order valence-electron chi connectivity index (χ1n) is 6.76. The van der Waals surface area contributed by atoms with Crippen molar-refractivity contribution in [2.75, 3.05) is 0 Å². The van der Waals surface area contributed by atoms with Gasteiger partial charge in [0.05, 0.1) is 0 Å². The first-order valence-corrected chi connectivity index (χ1v) is 6.76. The second-order valence-electron chi connectivity index (χ2n) is 5.01. The van der Waals surface area contributed by atoms with Crippen molar-refractivity contribution in [2.45, 2.75) is 26.7 Å². The Morgan fingerprint density at radius 2 is 1.15 bits per heavy atom.